The van der Waals surface area contributed by atoms with Gasteiger partial charge in [0.1, 0.15) is 24.9 Å². The zero-order valence-electron chi connectivity index (χ0n) is 33.7. The fourth-order valence-electron chi connectivity index (χ4n) is 8.98. The number of alkyl halides is 1. The minimum Gasteiger partial charge on any atom is -0.456 e. The van der Waals surface area contributed by atoms with Gasteiger partial charge in [-0.05, 0) is 91.9 Å². The first-order valence-corrected chi connectivity index (χ1v) is 19.1. The third kappa shape index (κ3) is 7.94. The van der Waals surface area contributed by atoms with Crippen LogP contribution in [0.5, 0.6) is 0 Å². The number of aryl methyl sites for hydroxylation is 1. The van der Waals surface area contributed by atoms with Crippen LogP contribution in [0.2, 0.25) is 0 Å². The van der Waals surface area contributed by atoms with Gasteiger partial charge in [-0.15, -0.1) is 0 Å². The van der Waals surface area contributed by atoms with E-state index in [0.717, 1.165) is 18.2 Å². The number of aliphatic hydroxyl groups is 1. The number of carbonyl (C=O) groups is 3. The lowest BCUT2D eigenvalue weighted by atomic mass is 9.73. The third-order valence-electron chi connectivity index (χ3n) is 12.3. The number of aliphatic hydroxyl groups excluding tert-OH is 1. The Morgan fingerprint density at radius 1 is 1.09 bits per heavy atom. The molecule has 2 bridgehead atoms. The second-order valence-electron chi connectivity index (χ2n) is 16.5. The van der Waals surface area contributed by atoms with Gasteiger partial charge in [0.15, 0.2) is 17.7 Å². The van der Waals surface area contributed by atoms with Crippen molar-refractivity contribution in [1.29, 1.82) is 0 Å². The maximum atomic E-state index is 16.8. The molecule has 1 N–H and O–H groups in total. The van der Waals surface area contributed by atoms with Crippen molar-refractivity contribution in [2.24, 2.45) is 22.7 Å². The molecule has 0 radical (unpaired) electrons. The quantitative estimate of drug-likeness (QED) is 0.301. The van der Waals surface area contributed by atoms with Crippen molar-refractivity contribution in [2.75, 3.05) is 34.4 Å². The Kier molecular flexibility index (Phi) is 12.6. The number of Topliss-reactive ketones (excluding diaryl/α,β-unsaturated/α-hetero) is 1. The zero-order valence-corrected chi connectivity index (χ0v) is 33.7. The SMILES string of the molecule is CO[C@@]1(C)C[C@@H](C)C2=NCN(CCCc3cccnc3)N3C(=O)O[C@](C)([C@H](C)OC(=O)C(C)(F)C(=O)[C@H](C)[C@H]1O[C@@H]1O[C@H](C)C[C@H](N(C)C)[C@H]1O)[C@H]3[C@@H]2C. The normalized spacial score (nSPS) is 41.2. The Bertz CT molecular complexity index is 1550. The molecule has 15 heteroatoms. The molecule has 3 fully saturated rings. The molecule has 14 nitrogen and oxygen atoms in total. The number of esters is 1. The number of fused-ring (bicyclic) bond motifs is 1. The molecule has 54 heavy (non-hydrogen) atoms. The number of pyridine rings is 1. The minimum atomic E-state index is -3.12. The number of hydrogen-bond donors (Lipinski definition) is 1. The molecule has 4 aliphatic heterocycles. The van der Waals surface area contributed by atoms with Crippen LogP contribution in [-0.2, 0) is 39.7 Å². The van der Waals surface area contributed by atoms with E-state index >= 15 is 4.39 Å². The van der Waals surface area contributed by atoms with Gasteiger partial charge in [0, 0.05) is 49.6 Å². The highest BCUT2D eigenvalue weighted by Crippen LogP contribution is 2.44. The van der Waals surface area contributed by atoms with Gasteiger partial charge in [0.05, 0.1) is 17.8 Å². The minimum absolute atomic E-state index is 0.153. The molecule has 0 saturated carbocycles. The van der Waals surface area contributed by atoms with Crippen molar-refractivity contribution in [1.82, 2.24) is 19.9 Å². The number of amides is 1. The number of ketones is 1. The summed E-state index contributed by atoms with van der Waals surface area (Å²) in [6.45, 7) is 13.8. The van der Waals surface area contributed by atoms with Gasteiger partial charge in [0.25, 0.3) is 5.67 Å². The second kappa shape index (κ2) is 16.2. The van der Waals surface area contributed by atoms with Gasteiger partial charge in [-0.1, -0.05) is 26.8 Å². The summed E-state index contributed by atoms with van der Waals surface area (Å²) in [5.74, 6) is -4.52. The van der Waals surface area contributed by atoms with E-state index in [2.05, 4.69) is 4.98 Å². The fourth-order valence-corrected chi connectivity index (χ4v) is 8.98. The summed E-state index contributed by atoms with van der Waals surface area (Å²) in [7, 11) is 5.19. The van der Waals surface area contributed by atoms with Crippen molar-refractivity contribution < 1.29 is 47.6 Å². The van der Waals surface area contributed by atoms with Crippen LogP contribution < -0.4 is 0 Å². The molecule has 0 aromatic carbocycles. The summed E-state index contributed by atoms with van der Waals surface area (Å²) < 4.78 is 47.6. The molecule has 3 saturated heterocycles. The van der Waals surface area contributed by atoms with E-state index in [4.69, 9.17) is 28.7 Å². The summed E-state index contributed by atoms with van der Waals surface area (Å²) in [5.41, 5.74) is -4.04. The molecule has 5 rings (SSSR count). The fraction of sp³-hybridized carbons (Fsp3) is 0.769. The average molecular weight is 762 g/mol. The Balaban J connectivity index is 1.57. The smallest absolute Gasteiger partial charge is 0.425 e. The van der Waals surface area contributed by atoms with E-state index < -0.39 is 77.2 Å². The topological polar surface area (TPSA) is 153 Å². The molecule has 0 aliphatic carbocycles. The van der Waals surface area contributed by atoms with E-state index in [-0.39, 0.29) is 31.2 Å². The van der Waals surface area contributed by atoms with Crippen molar-refractivity contribution >= 4 is 23.6 Å². The van der Waals surface area contributed by atoms with Crippen LogP contribution in [0.3, 0.4) is 0 Å². The summed E-state index contributed by atoms with van der Waals surface area (Å²) in [6, 6.07) is 2.85. The van der Waals surface area contributed by atoms with Crippen LogP contribution in [0.25, 0.3) is 0 Å². The molecule has 4 aliphatic rings. The molecule has 5 heterocycles. The number of ether oxygens (including phenoxy) is 5. The van der Waals surface area contributed by atoms with Crippen LogP contribution >= 0.6 is 0 Å². The van der Waals surface area contributed by atoms with E-state index in [0.29, 0.717) is 25.8 Å². The van der Waals surface area contributed by atoms with Gasteiger partial charge in [-0.25, -0.2) is 19.0 Å². The van der Waals surface area contributed by atoms with E-state index in [1.54, 1.807) is 32.0 Å². The van der Waals surface area contributed by atoms with Crippen LogP contribution in [0.1, 0.15) is 80.2 Å². The molecular weight excluding hydrogens is 701 g/mol. The number of rotatable bonds is 8. The summed E-state index contributed by atoms with van der Waals surface area (Å²) in [5, 5.41) is 14.9. The largest absolute Gasteiger partial charge is 0.456 e. The van der Waals surface area contributed by atoms with E-state index in [9.17, 15) is 19.5 Å². The summed E-state index contributed by atoms with van der Waals surface area (Å²) in [4.78, 5) is 53.1. The van der Waals surface area contributed by atoms with Crippen LogP contribution in [0.15, 0.2) is 29.5 Å². The number of aromatic nitrogens is 1. The number of cyclic esters (lactones) is 1. The Hall–Kier alpha value is -3.08. The Morgan fingerprint density at radius 3 is 2.43 bits per heavy atom. The molecule has 302 valence electrons. The van der Waals surface area contributed by atoms with Crippen molar-refractivity contribution in [3.8, 4) is 0 Å². The van der Waals surface area contributed by atoms with Crippen molar-refractivity contribution in [3.05, 3.63) is 30.1 Å². The number of aliphatic imine (C=N–C) groups is 1. The van der Waals surface area contributed by atoms with Crippen LogP contribution in [-0.4, -0.2) is 143 Å². The molecular formula is C39H60FN5O9. The average Bonchev–Trinajstić information content (AvgIpc) is 3.30. The van der Waals surface area contributed by atoms with Gasteiger partial charge in [0.2, 0.25) is 0 Å². The molecule has 1 aromatic rings. The van der Waals surface area contributed by atoms with Gasteiger partial charge >= 0.3 is 12.1 Å². The number of hydrazine groups is 1. The van der Waals surface area contributed by atoms with Crippen LogP contribution in [0.4, 0.5) is 9.18 Å². The highest BCUT2D eigenvalue weighted by atomic mass is 19.1. The highest BCUT2D eigenvalue weighted by molar-refractivity contribution is 6.08. The first-order chi connectivity index (χ1) is 25.3. The summed E-state index contributed by atoms with van der Waals surface area (Å²) in [6.07, 6.45) is 0.131. The monoisotopic (exact) mass is 761 g/mol. The predicted molar refractivity (Wildman–Crippen MR) is 197 cm³/mol. The Morgan fingerprint density at radius 2 is 1.80 bits per heavy atom. The molecule has 13 atom stereocenters. The lowest BCUT2D eigenvalue weighted by molar-refractivity contribution is -0.295. The van der Waals surface area contributed by atoms with Gasteiger partial charge < -0.3 is 33.7 Å². The predicted octanol–water partition coefficient (Wildman–Crippen LogP) is 3.98. The van der Waals surface area contributed by atoms with Gasteiger partial charge in [-0.2, -0.15) is 5.01 Å². The molecule has 1 amide bonds. The first-order valence-electron chi connectivity index (χ1n) is 19.1. The second-order valence-corrected chi connectivity index (χ2v) is 16.5. The van der Waals surface area contributed by atoms with Crippen molar-refractivity contribution in [3.63, 3.8) is 0 Å². The first kappa shape index (κ1) is 42.1. The van der Waals surface area contributed by atoms with Gasteiger partial charge in [-0.3, -0.25) is 14.8 Å². The maximum Gasteiger partial charge on any atom is 0.425 e. The van der Waals surface area contributed by atoms with Crippen LogP contribution in [0, 0.1) is 17.8 Å². The maximum absolute atomic E-state index is 16.8. The lowest BCUT2D eigenvalue weighted by Gasteiger charge is -2.47. The number of halogens is 1. The number of hydrogen-bond acceptors (Lipinski definition) is 13. The number of likely N-dealkylation sites (N-methyl/N-ethyl adjacent to an activating group) is 1. The highest BCUT2D eigenvalue weighted by Gasteiger charge is 2.62. The van der Waals surface area contributed by atoms with E-state index in [1.165, 1.54) is 14.0 Å². The third-order valence-corrected chi connectivity index (χ3v) is 12.3. The molecule has 0 spiro atoms. The zero-order chi connectivity index (χ0) is 39.9. The standard InChI is InChI=1S/C39H60FN5O9/c1-22-19-37(6,50-11)33(53-34-30(46)28(43(9)10)18-23(2)51-34)25(4)32(47)38(7,40)35(48)52-26(5)39(8)31-24(3)29(22)42-21-44(45(31)36(49)54-39)17-13-15-27-14-12-16-41-20-27/h12,14,16,20,22-26,28,30-31,33-34,46H,13,15,17-19,21H2,1-11H3/t22-,23-,24-,25+,26+,28+,30-,31-,33-,34+,37+,38?,39-/m1/s1. The molecule has 1 aromatic heterocycles. The van der Waals surface area contributed by atoms with E-state index in [1.807, 2.05) is 63.1 Å². The molecule has 1 unspecified atom stereocenters. The lowest BCUT2D eigenvalue weighted by Crippen LogP contribution is -2.62. The number of nitrogens with zero attached hydrogens (tertiary/aromatic N) is 5. The summed E-state index contributed by atoms with van der Waals surface area (Å²) >= 11 is 0. The Labute approximate surface area is 318 Å². The number of methoxy groups -OCH3 is 1. The number of carbonyl (C=O) groups excluding carboxylic acids is 3. The van der Waals surface area contributed by atoms with Crippen molar-refractivity contribution in [2.45, 2.75) is 141 Å².